The molecular weight excluding hydrogens is 799 g/mol. The van der Waals surface area contributed by atoms with Crippen molar-refractivity contribution in [2.24, 2.45) is 0 Å². The van der Waals surface area contributed by atoms with Gasteiger partial charge >= 0.3 is 0 Å². The first kappa shape index (κ1) is 63.6. The van der Waals surface area contributed by atoms with Gasteiger partial charge in [0, 0.05) is 0 Å². The molecule has 3 unspecified atom stereocenters. The molecule has 0 aliphatic heterocycles. The maximum atomic E-state index is 12.6. The van der Waals surface area contributed by atoms with Gasteiger partial charge in [-0.3, -0.25) is 4.79 Å². The Kier molecular flexibility index (Phi) is 54.0. The molecule has 0 heterocycles. The molecule has 3 atom stereocenters. The lowest BCUT2D eigenvalue weighted by Gasteiger charge is -2.21. The number of aliphatic hydroxyl groups is 3. The summed E-state index contributed by atoms with van der Waals surface area (Å²) in [5.41, 5.74) is 0. The van der Waals surface area contributed by atoms with Gasteiger partial charge in [0.1, 0.15) is 6.10 Å². The minimum absolute atomic E-state index is 0.374. The molecule has 0 bridgehead atoms. The van der Waals surface area contributed by atoms with Crippen LogP contribution in [0.2, 0.25) is 0 Å². The third-order valence-electron chi connectivity index (χ3n) is 13.7. The first-order valence-electron chi connectivity index (χ1n) is 29.3. The summed E-state index contributed by atoms with van der Waals surface area (Å²) >= 11 is 0. The summed E-state index contributed by atoms with van der Waals surface area (Å²) in [6.07, 6.45) is 72.4. The normalized spacial score (nSPS) is 13.5. The van der Waals surface area contributed by atoms with Crippen LogP contribution in [0, 0.1) is 0 Å². The van der Waals surface area contributed by atoms with Crippen LogP contribution in [0.1, 0.15) is 316 Å². The molecule has 4 N–H and O–H groups in total. The highest BCUT2D eigenvalue weighted by molar-refractivity contribution is 5.80. The second kappa shape index (κ2) is 55.2. The van der Waals surface area contributed by atoms with E-state index in [1.165, 1.54) is 257 Å². The molecule has 1 amide bonds. The Morgan fingerprint density at radius 1 is 0.369 bits per heavy atom. The van der Waals surface area contributed by atoms with Crippen LogP contribution in [0.5, 0.6) is 0 Å². The van der Waals surface area contributed by atoms with E-state index in [4.69, 9.17) is 0 Å². The summed E-state index contributed by atoms with van der Waals surface area (Å²) in [5, 5.41) is 33.4. The van der Waals surface area contributed by atoms with Gasteiger partial charge in [0.15, 0.2) is 0 Å². The molecule has 0 aromatic rings. The van der Waals surface area contributed by atoms with Crippen LogP contribution in [-0.4, -0.2) is 46.1 Å². The molecule has 5 heteroatoms. The molecule has 0 aliphatic rings. The predicted octanol–water partition coefficient (Wildman–Crippen LogP) is 18.2. The highest BCUT2D eigenvalue weighted by atomic mass is 16.3. The van der Waals surface area contributed by atoms with Crippen molar-refractivity contribution in [3.63, 3.8) is 0 Å². The lowest BCUT2D eigenvalue weighted by atomic mass is 10.0. The Bertz CT molecular complexity index is 1010. The van der Waals surface area contributed by atoms with Crippen LogP contribution in [0.25, 0.3) is 0 Å². The Morgan fingerprint density at radius 3 is 0.938 bits per heavy atom. The van der Waals surface area contributed by atoms with Crippen LogP contribution in [-0.2, 0) is 4.79 Å². The Balaban J connectivity index is 3.58. The summed E-state index contributed by atoms with van der Waals surface area (Å²) in [6.45, 7) is 4.21. The molecular formula is C60H115NO4. The largest absolute Gasteiger partial charge is 0.394 e. The van der Waals surface area contributed by atoms with Gasteiger partial charge < -0.3 is 20.6 Å². The molecule has 0 saturated carbocycles. The monoisotopic (exact) mass is 914 g/mol. The van der Waals surface area contributed by atoms with Crippen LogP contribution >= 0.6 is 0 Å². The molecule has 0 spiro atoms. The van der Waals surface area contributed by atoms with Crippen LogP contribution in [0.4, 0.5) is 0 Å². The van der Waals surface area contributed by atoms with Gasteiger partial charge in [-0.1, -0.05) is 294 Å². The third-order valence-corrected chi connectivity index (χ3v) is 13.7. The van der Waals surface area contributed by atoms with Gasteiger partial charge in [-0.2, -0.15) is 0 Å². The second-order valence-electron chi connectivity index (χ2n) is 20.2. The molecule has 5 nitrogen and oxygen atoms in total. The lowest BCUT2D eigenvalue weighted by Crippen LogP contribution is -2.48. The van der Waals surface area contributed by atoms with E-state index in [1.54, 1.807) is 6.08 Å². The van der Waals surface area contributed by atoms with E-state index >= 15 is 0 Å². The van der Waals surface area contributed by atoms with E-state index in [0.717, 1.165) is 38.5 Å². The zero-order valence-electron chi connectivity index (χ0n) is 43.9. The standard InChI is InChI=1S/C60H115NO4/c1-3-5-7-9-11-13-15-17-19-21-23-25-27-28-29-30-31-32-33-35-37-39-41-43-45-47-49-51-53-55-59(64)60(65)61-57(56-62)58(63)54-52-50-48-46-44-42-40-38-36-34-26-24-22-20-18-16-14-12-10-8-6-4-2/h28-29,44,46,52,54,57-59,62-64H,3-27,30-43,45,47-51,53,55-56H2,1-2H3,(H,61,65)/b29-28-,46-44+,54-52+. The van der Waals surface area contributed by atoms with E-state index in [1.807, 2.05) is 6.08 Å². The van der Waals surface area contributed by atoms with Crippen molar-refractivity contribution in [1.82, 2.24) is 5.32 Å². The van der Waals surface area contributed by atoms with Crippen molar-refractivity contribution in [3.8, 4) is 0 Å². The average molecular weight is 915 g/mol. The molecule has 0 saturated heterocycles. The summed E-state index contributed by atoms with van der Waals surface area (Å²) in [5.74, 6) is -0.509. The number of hydrogen-bond acceptors (Lipinski definition) is 4. The van der Waals surface area contributed by atoms with Crippen LogP contribution < -0.4 is 5.32 Å². The van der Waals surface area contributed by atoms with Crippen LogP contribution in [0.3, 0.4) is 0 Å². The van der Waals surface area contributed by atoms with Crippen molar-refractivity contribution < 1.29 is 20.1 Å². The molecule has 0 aliphatic carbocycles. The first-order valence-corrected chi connectivity index (χ1v) is 29.3. The molecule has 384 valence electrons. The van der Waals surface area contributed by atoms with E-state index in [9.17, 15) is 20.1 Å². The molecule has 65 heavy (non-hydrogen) atoms. The van der Waals surface area contributed by atoms with Crippen molar-refractivity contribution in [2.45, 2.75) is 334 Å². The van der Waals surface area contributed by atoms with Crippen molar-refractivity contribution in [2.75, 3.05) is 6.61 Å². The first-order chi connectivity index (χ1) is 32.1. The number of nitrogens with one attached hydrogen (secondary N) is 1. The Morgan fingerprint density at radius 2 is 0.631 bits per heavy atom. The molecule has 0 radical (unpaired) electrons. The summed E-state index contributed by atoms with van der Waals surface area (Å²) in [7, 11) is 0. The van der Waals surface area contributed by atoms with Gasteiger partial charge in [-0.25, -0.2) is 0 Å². The number of hydrogen-bond donors (Lipinski definition) is 4. The van der Waals surface area contributed by atoms with Crippen molar-refractivity contribution in [3.05, 3.63) is 36.5 Å². The molecule has 0 fully saturated rings. The van der Waals surface area contributed by atoms with Gasteiger partial charge in [0.2, 0.25) is 5.91 Å². The van der Waals surface area contributed by atoms with E-state index in [0.29, 0.717) is 6.42 Å². The number of aliphatic hydroxyl groups excluding tert-OH is 3. The number of amides is 1. The molecule has 0 aromatic heterocycles. The van der Waals surface area contributed by atoms with Crippen LogP contribution in [0.15, 0.2) is 36.5 Å². The van der Waals surface area contributed by atoms with E-state index < -0.39 is 24.2 Å². The maximum absolute atomic E-state index is 12.6. The zero-order chi connectivity index (χ0) is 47.2. The number of carbonyl (C=O) groups is 1. The predicted molar refractivity (Wildman–Crippen MR) is 287 cm³/mol. The summed E-state index contributed by atoms with van der Waals surface area (Å²) in [6, 6.07) is -0.815. The SMILES string of the molecule is CCCCCCCCCCCCCC/C=C\CCCCCCCCCCCCCCCC(O)C(=O)NC(CO)C(O)/C=C/CC/C=C/CCCCCCCCCCCCCCCCCC. The topological polar surface area (TPSA) is 89.8 Å². The Labute approximate surface area is 406 Å². The number of rotatable bonds is 54. The van der Waals surface area contributed by atoms with E-state index in [2.05, 4.69) is 43.5 Å². The number of unbranched alkanes of at least 4 members (excludes halogenated alkanes) is 42. The van der Waals surface area contributed by atoms with Gasteiger partial charge in [-0.05, 0) is 57.8 Å². The molecule has 0 rings (SSSR count). The van der Waals surface area contributed by atoms with Crippen molar-refractivity contribution >= 4 is 5.91 Å². The highest BCUT2D eigenvalue weighted by Gasteiger charge is 2.22. The average Bonchev–Trinajstić information content (AvgIpc) is 3.31. The lowest BCUT2D eigenvalue weighted by molar-refractivity contribution is -0.131. The number of allylic oxidation sites excluding steroid dienone is 5. The fourth-order valence-electron chi connectivity index (χ4n) is 9.14. The fraction of sp³-hybridized carbons (Fsp3) is 0.883. The van der Waals surface area contributed by atoms with Gasteiger partial charge in [0.25, 0.3) is 0 Å². The summed E-state index contributed by atoms with van der Waals surface area (Å²) < 4.78 is 0. The minimum atomic E-state index is -1.11. The molecule has 0 aromatic carbocycles. The smallest absolute Gasteiger partial charge is 0.249 e. The highest BCUT2D eigenvalue weighted by Crippen LogP contribution is 2.17. The maximum Gasteiger partial charge on any atom is 0.249 e. The zero-order valence-corrected chi connectivity index (χ0v) is 43.9. The van der Waals surface area contributed by atoms with Gasteiger partial charge in [-0.15, -0.1) is 0 Å². The quantitative estimate of drug-likeness (QED) is 0.0361. The van der Waals surface area contributed by atoms with Gasteiger partial charge in [0.05, 0.1) is 18.8 Å². The number of carbonyl (C=O) groups excluding carboxylic acids is 1. The third kappa shape index (κ3) is 50.3. The summed E-state index contributed by atoms with van der Waals surface area (Å²) in [4.78, 5) is 12.6. The fourth-order valence-corrected chi connectivity index (χ4v) is 9.14. The van der Waals surface area contributed by atoms with Crippen molar-refractivity contribution in [1.29, 1.82) is 0 Å². The Hall–Kier alpha value is -1.43. The minimum Gasteiger partial charge on any atom is -0.394 e. The van der Waals surface area contributed by atoms with E-state index in [-0.39, 0.29) is 6.61 Å². The second-order valence-corrected chi connectivity index (χ2v) is 20.2.